The maximum atomic E-state index is 14.4. The van der Waals surface area contributed by atoms with E-state index in [0.717, 1.165) is 42.2 Å². The molecule has 1 saturated heterocycles. The second kappa shape index (κ2) is 19.8. The molecule has 17 heteroatoms. The fraction of sp³-hybridized carbons (Fsp3) is 0.286. The Bertz CT molecular complexity index is 2870. The number of likely N-dealkylation sites (N-methyl/N-ethyl adjacent to an activating group) is 1. The van der Waals surface area contributed by atoms with Crippen LogP contribution in [0.25, 0.3) is 43.2 Å². The Balaban J connectivity index is 1.16. The second-order valence-electron chi connectivity index (χ2n) is 16.0. The molecule has 1 fully saturated rings. The summed E-state index contributed by atoms with van der Waals surface area (Å²) in [5.74, 6) is 2.19. The lowest BCUT2D eigenvalue weighted by Gasteiger charge is -2.35. The van der Waals surface area contributed by atoms with E-state index >= 15 is 0 Å². The van der Waals surface area contributed by atoms with Gasteiger partial charge in [0.1, 0.15) is 53.5 Å². The van der Waals surface area contributed by atoms with Crippen LogP contribution in [-0.4, -0.2) is 102 Å². The lowest BCUT2D eigenvalue weighted by Crippen LogP contribution is -2.49. The molecule has 3 aromatic heterocycles. The van der Waals surface area contributed by atoms with Crippen LogP contribution in [0, 0.1) is 19.7 Å². The zero-order chi connectivity index (χ0) is 45.9. The Labute approximate surface area is 395 Å². The zero-order valence-corrected chi connectivity index (χ0v) is 38.9. The first-order valence-corrected chi connectivity index (χ1v) is 22.8. The average Bonchev–Trinajstić information content (AvgIpc) is 3.72. The van der Waals surface area contributed by atoms with Crippen molar-refractivity contribution in [3.05, 3.63) is 124 Å². The molecule has 7 aromatic rings. The first-order chi connectivity index (χ1) is 32.1. The molecule has 0 radical (unpaired) electrons. The SMILES string of the molecule is COc1ccccc1-c1nccc(COc2ccc3cc2C[C@H](OC=O)Oc2ncnc4sc(-c5ccc(F)cc5)c(c24)-c2c(C)c(Cl)c(c(Cl)c2C)O[C@H](CN2CCN(C)CC2)CO3)n1. The minimum atomic E-state index is -1.21. The van der Waals surface area contributed by atoms with E-state index in [-0.39, 0.29) is 31.3 Å². The highest BCUT2D eigenvalue weighted by atomic mass is 35.5. The number of hydrogen-bond donors (Lipinski definition) is 0. The lowest BCUT2D eigenvalue weighted by atomic mass is 9.92. The Morgan fingerprint density at radius 1 is 0.909 bits per heavy atom. The molecule has 0 N–H and O–H groups in total. The molecule has 0 amide bonds. The maximum absolute atomic E-state index is 14.4. The molecule has 6 heterocycles. The Morgan fingerprint density at radius 3 is 2.44 bits per heavy atom. The van der Waals surface area contributed by atoms with E-state index in [1.54, 1.807) is 37.6 Å². The summed E-state index contributed by atoms with van der Waals surface area (Å²) in [6, 6.07) is 20.9. The van der Waals surface area contributed by atoms with Crippen LogP contribution in [0.2, 0.25) is 10.0 Å². The Kier molecular flexibility index (Phi) is 13.5. The van der Waals surface area contributed by atoms with Crippen molar-refractivity contribution in [2.75, 3.05) is 53.5 Å². The monoisotopic (exact) mass is 950 g/mol. The van der Waals surface area contributed by atoms with Crippen molar-refractivity contribution < 1.29 is 37.6 Å². The smallest absolute Gasteiger partial charge is 0.296 e. The molecular weight excluding hydrogens is 907 g/mol. The van der Waals surface area contributed by atoms with Gasteiger partial charge in [-0.1, -0.05) is 47.5 Å². The largest absolute Gasteiger partial charge is 0.496 e. The summed E-state index contributed by atoms with van der Waals surface area (Å²) in [7, 11) is 3.71. The number of methoxy groups -OCH3 is 1. The number of halogens is 3. The molecule has 0 unspecified atom stereocenters. The third kappa shape index (κ3) is 9.44. The number of aromatic nitrogens is 4. The molecule has 0 spiro atoms. The van der Waals surface area contributed by atoms with Gasteiger partial charge in [-0.2, -0.15) is 0 Å². The fourth-order valence-electron chi connectivity index (χ4n) is 8.27. The van der Waals surface area contributed by atoms with Crippen molar-refractivity contribution in [3.63, 3.8) is 0 Å². The molecule has 0 saturated carbocycles. The van der Waals surface area contributed by atoms with Gasteiger partial charge < -0.3 is 33.3 Å². The van der Waals surface area contributed by atoms with E-state index in [4.69, 9.17) is 56.6 Å². The zero-order valence-electron chi connectivity index (χ0n) is 36.6. The molecule has 0 aliphatic carbocycles. The van der Waals surface area contributed by atoms with Gasteiger partial charge in [0.2, 0.25) is 12.2 Å². The molecule has 4 bridgehead atoms. The topological polar surface area (TPSA) is 130 Å². The van der Waals surface area contributed by atoms with Gasteiger partial charge in [0, 0.05) is 54.9 Å². The number of para-hydroxylation sites is 1. The number of carbonyl (C=O) groups excluding carboxylic acids is 1. The number of fused-ring (bicyclic) bond motifs is 7. The minimum Gasteiger partial charge on any atom is -0.496 e. The van der Waals surface area contributed by atoms with Crippen LogP contribution in [0.5, 0.6) is 28.9 Å². The van der Waals surface area contributed by atoms with Crippen molar-refractivity contribution in [2.45, 2.75) is 39.3 Å². The van der Waals surface area contributed by atoms with E-state index in [2.05, 4.69) is 31.8 Å². The standard InChI is InChI=1S/C49H45Cl2FN6O7S/c1-28-40-29(2)44(51)45(43(28)50)64-35(23-58-19-17-57(3)18-20-58)25-61-34-13-14-37(62-24-33-15-16-53-47(56-33)36-7-5-6-8-38(36)60-4)31(21-34)22-39(63-27-59)65-48-42-41(40)46(66-49(42)55-26-54-48)30-9-11-32(52)12-10-30/h5-16,21,26-27,35,39H,17-20,22-25H2,1-4H3/t35-,39-/m1/s1. The average molecular weight is 952 g/mol. The van der Waals surface area contributed by atoms with Gasteiger partial charge in [0.05, 0.1) is 40.2 Å². The number of thiophene rings is 1. The van der Waals surface area contributed by atoms with Gasteiger partial charge in [0.15, 0.2) is 11.6 Å². The van der Waals surface area contributed by atoms with Crippen LogP contribution in [0.4, 0.5) is 4.39 Å². The first kappa shape index (κ1) is 45.1. The van der Waals surface area contributed by atoms with Gasteiger partial charge in [-0.15, -0.1) is 11.3 Å². The quantitative estimate of drug-likeness (QED) is 0.121. The van der Waals surface area contributed by atoms with Crippen LogP contribution in [0.1, 0.15) is 22.4 Å². The molecule has 66 heavy (non-hydrogen) atoms. The normalized spacial score (nSPS) is 16.8. The number of benzene rings is 4. The summed E-state index contributed by atoms with van der Waals surface area (Å²) in [5.41, 5.74) is 5.41. The van der Waals surface area contributed by atoms with Crippen molar-refractivity contribution in [1.29, 1.82) is 0 Å². The number of hydrogen-bond acceptors (Lipinski definition) is 14. The number of ether oxygens (including phenoxy) is 6. The molecule has 3 aliphatic heterocycles. The van der Waals surface area contributed by atoms with Crippen LogP contribution in [-0.2, 0) is 22.6 Å². The number of nitrogens with zero attached hydrogens (tertiary/aromatic N) is 6. The maximum Gasteiger partial charge on any atom is 0.296 e. The molecule has 340 valence electrons. The van der Waals surface area contributed by atoms with Crippen LogP contribution >= 0.6 is 34.5 Å². The van der Waals surface area contributed by atoms with Crippen molar-refractivity contribution in [2.24, 2.45) is 0 Å². The van der Waals surface area contributed by atoms with E-state index in [9.17, 15) is 9.18 Å². The minimum absolute atomic E-state index is 0.0164. The van der Waals surface area contributed by atoms with Gasteiger partial charge in [0.25, 0.3) is 6.47 Å². The van der Waals surface area contributed by atoms with Gasteiger partial charge in [-0.3, -0.25) is 9.69 Å². The number of rotatable bonds is 10. The van der Waals surface area contributed by atoms with E-state index in [1.165, 1.54) is 29.8 Å². The summed E-state index contributed by atoms with van der Waals surface area (Å²) in [6.45, 7) is 8.40. The summed E-state index contributed by atoms with van der Waals surface area (Å²) in [4.78, 5) is 36.7. The third-order valence-corrected chi connectivity index (χ3v) is 13.8. The summed E-state index contributed by atoms with van der Waals surface area (Å²) in [6.07, 6.45) is 1.35. The predicted octanol–water partition coefficient (Wildman–Crippen LogP) is 9.64. The lowest BCUT2D eigenvalue weighted by molar-refractivity contribution is -0.147. The number of piperazine rings is 1. The molecule has 10 rings (SSSR count). The predicted molar refractivity (Wildman–Crippen MR) is 252 cm³/mol. The molecular formula is C49H45Cl2FN6O7S. The summed E-state index contributed by atoms with van der Waals surface area (Å²) < 4.78 is 52.1. The van der Waals surface area contributed by atoms with Gasteiger partial charge in [-0.05, 0) is 91.7 Å². The van der Waals surface area contributed by atoms with Crippen molar-refractivity contribution >= 4 is 51.2 Å². The molecule has 2 atom stereocenters. The highest BCUT2D eigenvalue weighted by molar-refractivity contribution is 7.22. The van der Waals surface area contributed by atoms with E-state index < -0.39 is 12.4 Å². The Hall–Kier alpha value is -6.10. The van der Waals surface area contributed by atoms with Gasteiger partial charge in [-0.25, -0.2) is 24.3 Å². The third-order valence-electron chi connectivity index (χ3n) is 11.7. The van der Waals surface area contributed by atoms with E-state index in [0.29, 0.717) is 95.6 Å². The van der Waals surface area contributed by atoms with Crippen LogP contribution < -0.4 is 23.7 Å². The molecule has 3 aliphatic rings. The van der Waals surface area contributed by atoms with Gasteiger partial charge >= 0.3 is 0 Å². The highest BCUT2D eigenvalue weighted by Crippen LogP contribution is 2.53. The van der Waals surface area contributed by atoms with Crippen molar-refractivity contribution in [3.8, 4) is 61.8 Å². The molecule has 4 aromatic carbocycles. The van der Waals surface area contributed by atoms with E-state index in [1.807, 2.05) is 50.2 Å². The first-order valence-electron chi connectivity index (χ1n) is 21.3. The fourth-order valence-corrected chi connectivity index (χ4v) is 9.93. The van der Waals surface area contributed by atoms with Crippen LogP contribution in [0.15, 0.2) is 85.3 Å². The van der Waals surface area contributed by atoms with Crippen molar-refractivity contribution in [1.82, 2.24) is 29.7 Å². The Morgan fingerprint density at radius 2 is 1.68 bits per heavy atom. The highest BCUT2D eigenvalue weighted by Gasteiger charge is 2.31. The second-order valence-corrected chi connectivity index (χ2v) is 17.8. The molecule has 13 nitrogen and oxygen atoms in total. The summed E-state index contributed by atoms with van der Waals surface area (Å²) in [5, 5.41) is 1.16. The number of carbonyl (C=O) groups is 1. The van der Waals surface area contributed by atoms with Crippen LogP contribution in [0.3, 0.4) is 0 Å². The summed E-state index contributed by atoms with van der Waals surface area (Å²) >= 11 is 16.1.